The third-order valence-corrected chi connectivity index (χ3v) is 4.76. The molecular formula is C16H24N2O. The van der Waals surface area contributed by atoms with Crippen LogP contribution < -0.4 is 11.3 Å². The minimum Gasteiger partial charge on any atom is -0.378 e. The van der Waals surface area contributed by atoms with E-state index in [1.807, 2.05) is 0 Å². The standard InChI is InChI=1S/C16H24N2O/c1-11-9-13(10-19-11)16(18-17)15-8-3-2-7-14(15)12-5-4-6-12/h2-3,7-8,11-13,16,18H,4-6,9-10,17H2,1H3. The molecule has 0 radical (unpaired) electrons. The number of hydrazine groups is 1. The second kappa shape index (κ2) is 5.61. The first-order valence-electron chi connectivity index (χ1n) is 7.46. The molecule has 3 atom stereocenters. The van der Waals surface area contributed by atoms with Crippen LogP contribution in [0.15, 0.2) is 24.3 Å². The summed E-state index contributed by atoms with van der Waals surface area (Å²) in [5.41, 5.74) is 5.93. The lowest BCUT2D eigenvalue weighted by molar-refractivity contribution is 0.116. The van der Waals surface area contributed by atoms with E-state index in [0.717, 1.165) is 18.9 Å². The van der Waals surface area contributed by atoms with Gasteiger partial charge in [0.25, 0.3) is 0 Å². The second-order valence-corrected chi connectivity index (χ2v) is 6.04. The molecule has 0 aromatic heterocycles. The van der Waals surface area contributed by atoms with Crippen LogP contribution in [0.5, 0.6) is 0 Å². The van der Waals surface area contributed by atoms with Gasteiger partial charge in [0, 0.05) is 5.92 Å². The number of rotatable bonds is 4. The maximum atomic E-state index is 5.85. The van der Waals surface area contributed by atoms with Crippen LogP contribution in [0.3, 0.4) is 0 Å². The van der Waals surface area contributed by atoms with Gasteiger partial charge in [-0.1, -0.05) is 30.7 Å². The van der Waals surface area contributed by atoms with Crippen LogP contribution in [0.4, 0.5) is 0 Å². The lowest BCUT2D eigenvalue weighted by Gasteiger charge is -2.32. The van der Waals surface area contributed by atoms with E-state index in [9.17, 15) is 0 Å². The van der Waals surface area contributed by atoms with Gasteiger partial charge < -0.3 is 4.74 Å². The molecule has 3 nitrogen and oxygen atoms in total. The molecule has 3 N–H and O–H groups in total. The van der Waals surface area contributed by atoms with Crippen molar-refractivity contribution in [1.82, 2.24) is 5.43 Å². The fraction of sp³-hybridized carbons (Fsp3) is 0.625. The van der Waals surface area contributed by atoms with Gasteiger partial charge >= 0.3 is 0 Å². The second-order valence-electron chi connectivity index (χ2n) is 6.04. The molecule has 2 fully saturated rings. The van der Waals surface area contributed by atoms with Crippen LogP contribution in [0.1, 0.15) is 55.7 Å². The van der Waals surface area contributed by atoms with Gasteiger partial charge in [-0.2, -0.15) is 0 Å². The largest absolute Gasteiger partial charge is 0.378 e. The van der Waals surface area contributed by atoms with E-state index in [1.165, 1.54) is 30.4 Å². The summed E-state index contributed by atoms with van der Waals surface area (Å²) in [5, 5.41) is 0. The molecule has 1 saturated carbocycles. The molecule has 1 aromatic rings. The van der Waals surface area contributed by atoms with Crippen LogP contribution in [-0.2, 0) is 4.74 Å². The van der Waals surface area contributed by atoms with E-state index >= 15 is 0 Å². The summed E-state index contributed by atoms with van der Waals surface area (Å²) < 4.78 is 5.71. The fourth-order valence-electron chi connectivity index (χ4n) is 3.45. The molecule has 3 rings (SSSR count). The molecule has 0 amide bonds. The van der Waals surface area contributed by atoms with Gasteiger partial charge in [-0.3, -0.25) is 11.3 Å². The predicted octanol–water partition coefficient (Wildman–Crippen LogP) is 2.88. The first-order chi connectivity index (χ1) is 9.29. The highest BCUT2D eigenvalue weighted by Crippen LogP contribution is 2.41. The maximum Gasteiger partial charge on any atom is 0.0551 e. The summed E-state index contributed by atoms with van der Waals surface area (Å²) >= 11 is 0. The minimum atomic E-state index is 0.224. The van der Waals surface area contributed by atoms with Crippen LogP contribution in [0, 0.1) is 5.92 Å². The van der Waals surface area contributed by atoms with Crippen molar-refractivity contribution in [3.63, 3.8) is 0 Å². The Morgan fingerprint density at radius 1 is 1.32 bits per heavy atom. The average Bonchev–Trinajstić information content (AvgIpc) is 2.77. The number of hydrogen-bond donors (Lipinski definition) is 2. The van der Waals surface area contributed by atoms with E-state index in [-0.39, 0.29) is 6.04 Å². The molecule has 0 spiro atoms. The summed E-state index contributed by atoms with van der Waals surface area (Å²) in [6.45, 7) is 2.96. The first-order valence-corrected chi connectivity index (χ1v) is 7.46. The van der Waals surface area contributed by atoms with E-state index < -0.39 is 0 Å². The number of benzene rings is 1. The Morgan fingerprint density at radius 2 is 2.11 bits per heavy atom. The summed E-state index contributed by atoms with van der Waals surface area (Å²) in [6, 6.07) is 9.02. The van der Waals surface area contributed by atoms with Crippen molar-refractivity contribution in [3.05, 3.63) is 35.4 Å². The van der Waals surface area contributed by atoms with Gasteiger partial charge in [0.15, 0.2) is 0 Å². The molecule has 1 heterocycles. The Hall–Kier alpha value is -0.900. The average molecular weight is 260 g/mol. The molecule has 3 heteroatoms. The third kappa shape index (κ3) is 2.55. The van der Waals surface area contributed by atoms with Gasteiger partial charge in [0.1, 0.15) is 0 Å². The quantitative estimate of drug-likeness (QED) is 0.646. The van der Waals surface area contributed by atoms with E-state index in [2.05, 4.69) is 36.6 Å². The summed E-state index contributed by atoms with van der Waals surface area (Å²) in [5.74, 6) is 7.08. The Balaban J connectivity index is 1.86. The molecule has 0 bridgehead atoms. The Bertz CT molecular complexity index is 431. The van der Waals surface area contributed by atoms with Gasteiger partial charge in [0.2, 0.25) is 0 Å². The Kier molecular flexibility index (Phi) is 3.87. The molecule has 19 heavy (non-hydrogen) atoms. The zero-order chi connectivity index (χ0) is 13.2. The molecule has 1 aliphatic carbocycles. The lowest BCUT2D eigenvalue weighted by Crippen LogP contribution is -2.35. The first kappa shape index (κ1) is 13.1. The highest BCUT2D eigenvalue weighted by molar-refractivity contribution is 5.34. The monoisotopic (exact) mass is 260 g/mol. The zero-order valence-corrected chi connectivity index (χ0v) is 11.6. The topological polar surface area (TPSA) is 47.3 Å². The van der Waals surface area contributed by atoms with E-state index in [4.69, 9.17) is 10.6 Å². The minimum absolute atomic E-state index is 0.224. The van der Waals surface area contributed by atoms with E-state index in [1.54, 1.807) is 0 Å². The van der Waals surface area contributed by atoms with Crippen LogP contribution >= 0.6 is 0 Å². The molecule has 2 aliphatic rings. The maximum absolute atomic E-state index is 5.85. The van der Waals surface area contributed by atoms with Crippen molar-refractivity contribution in [2.24, 2.45) is 11.8 Å². The number of nitrogens with two attached hydrogens (primary N) is 1. The molecule has 104 valence electrons. The van der Waals surface area contributed by atoms with Gasteiger partial charge in [-0.15, -0.1) is 0 Å². The fourth-order valence-corrected chi connectivity index (χ4v) is 3.45. The Morgan fingerprint density at radius 3 is 2.68 bits per heavy atom. The molecule has 1 aliphatic heterocycles. The van der Waals surface area contributed by atoms with Crippen molar-refractivity contribution >= 4 is 0 Å². The zero-order valence-electron chi connectivity index (χ0n) is 11.6. The highest BCUT2D eigenvalue weighted by atomic mass is 16.5. The summed E-state index contributed by atoms with van der Waals surface area (Å²) in [4.78, 5) is 0. The van der Waals surface area contributed by atoms with Gasteiger partial charge in [-0.25, -0.2) is 0 Å². The molecular weight excluding hydrogens is 236 g/mol. The summed E-state index contributed by atoms with van der Waals surface area (Å²) in [7, 11) is 0. The highest BCUT2D eigenvalue weighted by Gasteiger charge is 2.33. The van der Waals surface area contributed by atoms with Crippen LogP contribution in [0.2, 0.25) is 0 Å². The molecule has 3 unspecified atom stereocenters. The van der Waals surface area contributed by atoms with Gasteiger partial charge in [-0.05, 0) is 43.2 Å². The van der Waals surface area contributed by atoms with Crippen molar-refractivity contribution in [2.45, 2.75) is 50.7 Å². The smallest absolute Gasteiger partial charge is 0.0551 e. The third-order valence-electron chi connectivity index (χ3n) is 4.76. The number of ether oxygens (including phenoxy) is 1. The lowest BCUT2D eigenvalue weighted by atomic mass is 9.75. The summed E-state index contributed by atoms with van der Waals surface area (Å²) in [6.07, 6.45) is 5.46. The van der Waals surface area contributed by atoms with Crippen LogP contribution in [0.25, 0.3) is 0 Å². The van der Waals surface area contributed by atoms with Crippen molar-refractivity contribution in [3.8, 4) is 0 Å². The van der Waals surface area contributed by atoms with Crippen LogP contribution in [-0.4, -0.2) is 12.7 Å². The molecule has 1 saturated heterocycles. The Labute approximate surface area is 115 Å². The van der Waals surface area contributed by atoms with Crippen molar-refractivity contribution in [2.75, 3.05) is 6.61 Å². The van der Waals surface area contributed by atoms with Gasteiger partial charge in [0.05, 0.1) is 18.8 Å². The molecule has 1 aromatic carbocycles. The van der Waals surface area contributed by atoms with E-state index in [0.29, 0.717) is 12.0 Å². The predicted molar refractivity (Wildman–Crippen MR) is 76.6 cm³/mol. The number of hydrogen-bond acceptors (Lipinski definition) is 3. The normalized spacial score (nSPS) is 29.2. The number of nitrogens with one attached hydrogen (secondary N) is 1. The van der Waals surface area contributed by atoms with Crippen molar-refractivity contribution < 1.29 is 4.74 Å². The van der Waals surface area contributed by atoms with Crippen molar-refractivity contribution in [1.29, 1.82) is 0 Å². The SMILES string of the molecule is CC1CC(C(NN)c2ccccc2C2CCC2)CO1.